The number of hydrogen-bond donors (Lipinski definition) is 1. The first-order chi connectivity index (χ1) is 14.3. The standard InChI is InChI=1S/C22H26N4O3S/c1-17(2)19-5-9-21(10-6-19)30(28,29)26-13-11-25(12-14-26)16-22(27)24-20-7-3-18(15-23)4-8-20/h3-10,17H,11-14,16H2,1-2H3,(H,24,27). The number of benzene rings is 2. The molecule has 0 bridgehead atoms. The van der Waals surface area contributed by atoms with Gasteiger partial charge < -0.3 is 5.32 Å². The van der Waals surface area contributed by atoms with Crippen molar-refractivity contribution in [2.45, 2.75) is 24.7 Å². The second-order valence-electron chi connectivity index (χ2n) is 7.64. The van der Waals surface area contributed by atoms with Gasteiger partial charge in [0.1, 0.15) is 0 Å². The number of carbonyl (C=O) groups excluding carboxylic acids is 1. The molecule has 30 heavy (non-hydrogen) atoms. The van der Waals surface area contributed by atoms with Crippen LogP contribution in [0.1, 0.15) is 30.9 Å². The van der Waals surface area contributed by atoms with Crippen LogP contribution in [0.3, 0.4) is 0 Å². The summed E-state index contributed by atoms with van der Waals surface area (Å²) in [5.74, 6) is 0.181. The Morgan fingerprint density at radius 1 is 1.03 bits per heavy atom. The van der Waals surface area contributed by atoms with Crippen LogP contribution in [0.4, 0.5) is 5.69 Å². The fourth-order valence-corrected chi connectivity index (χ4v) is 4.76. The van der Waals surface area contributed by atoms with Crippen LogP contribution < -0.4 is 5.32 Å². The number of nitrogens with one attached hydrogen (secondary N) is 1. The first kappa shape index (κ1) is 22.0. The summed E-state index contributed by atoms with van der Waals surface area (Å²) >= 11 is 0. The Bertz CT molecular complexity index is 1020. The van der Waals surface area contributed by atoms with Crippen LogP contribution >= 0.6 is 0 Å². The Morgan fingerprint density at radius 3 is 2.17 bits per heavy atom. The van der Waals surface area contributed by atoms with E-state index in [1.165, 1.54) is 4.31 Å². The Labute approximate surface area is 178 Å². The van der Waals surface area contributed by atoms with E-state index in [0.29, 0.717) is 48.2 Å². The van der Waals surface area contributed by atoms with Crippen molar-refractivity contribution in [2.24, 2.45) is 0 Å². The van der Waals surface area contributed by atoms with Crippen LogP contribution in [0.2, 0.25) is 0 Å². The Kier molecular flexibility index (Phi) is 6.87. The van der Waals surface area contributed by atoms with Crippen LogP contribution in [0.5, 0.6) is 0 Å². The van der Waals surface area contributed by atoms with Gasteiger partial charge in [0.05, 0.1) is 23.1 Å². The molecule has 1 aliphatic heterocycles. The van der Waals surface area contributed by atoms with Gasteiger partial charge >= 0.3 is 0 Å². The molecule has 0 aliphatic carbocycles. The molecule has 0 unspecified atom stereocenters. The maximum atomic E-state index is 12.9. The predicted octanol–water partition coefficient (Wildman–Crippen LogP) is 2.63. The predicted molar refractivity (Wildman–Crippen MR) is 116 cm³/mol. The van der Waals surface area contributed by atoms with Gasteiger partial charge in [-0.15, -0.1) is 0 Å². The van der Waals surface area contributed by atoms with Crippen molar-refractivity contribution in [1.82, 2.24) is 9.21 Å². The molecule has 2 aromatic rings. The second kappa shape index (κ2) is 9.39. The number of sulfonamides is 1. The van der Waals surface area contributed by atoms with Gasteiger partial charge in [0.25, 0.3) is 0 Å². The second-order valence-corrected chi connectivity index (χ2v) is 9.58. The summed E-state index contributed by atoms with van der Waals surface area (Å²) < 4.78 is 27.3. The lowest BCUT2D eigenvalue weighted by Crippen LogP contribution is -2.50. The van der Waals surface area contributed by atoms with Gasteiger partial charge in [0.2, 0.25) is 15.9 Å². The zero-order valence-electron chi connectivity index (χ0n) is 17.2. The van der Waals surface area contributed by atoms with Crippen LogP contribution in [-0.4, -0.2) is 56.3 Å². The molecule has 1 N–H and O–H groups in total. The van der Waals surface area contributed by atoms with E-state index in [-0.39, 0.29) is 12.5 Å². The summed E-state index contributed by atoms with van der Waals surface area (Å²) in [6, 6.07) is 15.8. The van der Waals surface area contributed by atoms with Gasteiger partial charge in [-0.1, -0.05) is 26.0 Å². The third-order valence-corrected chi connectivity index (χ3v) is 7.09. The van der Waals surface area contributed by atoms with E-state index >= 15 is 0 Å². The molecule has 1 saturated heterocycles. The third-order valence-electron chi connectivity index (χ3n) is 5.18. The molecule has 3 rings (SSSR count). The fourth-order valence-electron chi connectivity index (χ4n) is 3.33. The zero-order chi connectivity index (χ0) is 21.7. The number of hydrogen-bond acceptors (Lipinski definition) is 5. The lowest BCUT2D eigenvalue weighted by Gasteiger charge is -2.33. The molecule has 0 aromatic heterocycles. The van der Waals surface area contributed by atoms with E-state index in [0.717, 1.165) is 5.56 Å². The van der Waals surface area contributed by atoms with Crippen molar-refractivity contribution < 1.29 is 13.2 Å². The van der Waals surface area contributed by atoms with Crippen molar-refractivity contribution in [3.63, 3.8) is 0 Å². The molecule has 0 saturated carbocycles. The molecular weight excluding hydrogens is 400 g/mol. The Hall–Kier alpha value is -2.73. The molecule has 1 heterocycles. The minimum absolute atomic E-state index is 0.166. The van der Waals surface area contributed by atoms with Gasteiger partial charge in [0, 0.05) is 31.9 Å². The lowest BCUT2D eigenvalue weighted by molar-refractivity contribution is -0.117. The van der Waals surface area contributed by atoms with Gasteiger partial charge in [0.15, 0.2) is 0 Å². The highest BCUT2D eigenvalue weighted by atomic mass is 32.2. The van der Waals surface area contributed by atoms with Crippen molar-refractivity contribution in [3.05, 3.63) is 59.7 Å². The molecule has 0 atom stereocenters. The topological polar surface area (TPSA) is 93.5 Å². The highest BCUT2D eigenvalue weighted by molar-refractivity contribution is 7.89. The highest BCUT2D eigenvalue weighted by Crippen LogP contribution is 2.21. The minimum Gasteiger partial charge on any atom is -0.325 e. The summed E-state index contributed by atoms with van der Waals surface area (Å²) in [4.78, 5) is 14.5. The first-order valence-corrected chi connectivity index (χ1v) is 11.4. The van der Waals surface area contributed by atoms with Gasteiger partial charge in [-0.05, 0) is 47.9 Å². The molecule has 1 fully saturated rings. The maximum absolute atomic E-state index is 12.9. The lowest BCUT2D eigenvalue weighted by atomic mass is 10.0. The molecule has 7 nitrogen and oxygen atoms in total. The average Bonchev–Trinajstić information content (AvgIpc) is 2.74. The summed E-state index contributed by atoms with van der Waals surface area (Å²) in [7, 11) is -3.53. The monoisotopic (exact) mass is 426 g/mol. The van der Waals surface area contributed by atoms with E-state index in [9.17, 15) is 13.2 Å². The van der Waals surface area contributed by atoms with E-state index in [1.54, 1.807) is 36.4 Å². The number of amides is 1. The van der Waals surface area contributed by atoms with Gasteiger partial charge in [-0.3, -0.25) is 9.69 Å². The summed E-state index contributed by atoms with van der Waals surface area (Å²) in [6.45, 7) is 6.00. The van der Waals surface area contributed by atoms with Crippen molar-refractivity contribution >= 4 is 21.6 Å². The number of nitriles is 1. The van der Waals surface area contributed by atoms with Crippen LogP contribution in [0, 0.1) is 11.3 Å². The van der Waals surface area contributed by atoms with Crippen LogP contribution in [-0.2, 0) is 14.8 Å². The van der Waals surface area contributed by atoms with E-state index < -0.39 is 10.0 Å². The molecule has 158 valence electrons. The zero-order valence-corrected chi connectivity index (χ0v) is 18.0. The SMILES string of the molecule is CC(C)c1ccc(S(=O)(=O)N2CCN(CC(=O)Nc3ccc(C#N)cc3)CC2)cc1. The molecule has 2 aromatic carbocycles. The van der Waals surface area contributed by atoms with Gasteiger partial charge in [-0.2, -0.15) is 9.57 Å². The number of piperazine rings is 1. The number of rotatable bonds is 6. The van der Waals surface area contributed by atoms with Gasteiger partial charge in [-0.25, -0.2) is 8.42 Å². The summed E-state index contributed by atoms with van der Waals surface area (Å²) in [5.41, 5.74) is 2.27. The summed E-state index contributed by atoms with van der Waals surface area (Å²) in [6.07, 6.45) is 0. The van der Waals surface area contributed by atoms with E-state index in [4.69, 9.17) is 5.26 Å². The molecule has 1 aliphatic rings. The molecule has 8 heteroatoms. The molecule has 0 spiro atoms. The van der Waals surface area contributed by atoms with E-state index in [2.05, 4.69) is 19.2 Å². The van der Waals surface area contributed by atoms with E-state index in [1.807, 2.05) is 23.1 Å². The highest BCUT2D eigenvalue weighted by Gasteiger charge is 2.29. The van der Waals surface area contributed by atoms with Crippen molar-refractivity contribution in [3.8, 4) is 6.07 Å². The minimum atomic E-state index is -3.53. The molecule has 1 amide bonds. The smallest absolute Gasteiger partial charge is 0.243 e. The number of anilines is 1. The average molecular weight is 427 g/mol. The maximum Gasteiger partial charge on any atom is 0.243 e. The third kappa shape index (κ3) is 5.25. The van der Waals surface area contributed by atoms with Crippen molar-refractivity contribution in [2.75, 3.05) is 38.0 Å². The fraction of sp³-hybridized carbons (Fsp3) is 0.364. The molecule has 0 radical (unpaired) electrons. The molecular formula is C22H26N4O3S. The first-order valence-electron chi connectivity index (χ1n) is 9.92. The summed E-state index contributed by atoms with van der Waals surface area (Å²) in [5, 5.41) is 11.6. The van der Waals surface area contributed by atoms with Crippen molar-refractivity contribution in [1.29, 1.82) is 5.26 Å². The quantitative estimate of drug-likeness (QED) is 0.766. The number of carbonyl (C=O) groups is 1. The normalized spacial score (nSPS) is 15.7. The Morgan fingerprint density at radius 2 is 1.63 bits per heavy atom. The largest absolute Gasteiger partial charge is 0.325 e. The van der Waals surface area contributed by atoms with Crippen LogP contribution in [0.15, 0.2) is 53.4 Å². The number of nitrogens with zero attached hydrogens (tertiary/aromatic N) is 3. The Balaban J connectivity index is 1.53. The van der Waals surface area contributed by atoms with Crippen LogP contribution in [0.25, 0.3) is 0 Å².